The van der Waals surface area contributed by atoms with Crippen molar-refractivity contribution in [3.63, 3.8) is 0 Å². The Morgan fingerprint density at radius 2 is 2.13 bits per heavy atom. The van der Waals surface area contributed by atoms with Gasteiger partial charge in [-0.15, -0.1) is 0 Å². The Bertz CT molecular complexity index is 361. The van der Waals surface area contributed by atoms with Crippen LogP contribution in [0.15, 0.2) is 24.3 Å². The zero-order valence-corrected chi connectivity index (χ0v) is 8.69. The summed E-state index contributed by atoms with van der Waals surface area (Å²) in [5.74, 6) is 0. The summed E-state index contributed by atoms with van der Waals surface area (Å²) < 4.78 is 0. The number of nitrogens with zero attached hydrogens (tertiary/aromatic N) is 3. The minimum Gasteiger partial charge on any atom is -0.296 e. The fourth-order valence-corrected chi connectivity index (χ4v) is 1.80. The molecule has 0 saturated carbocycles. The lowest BCUT2D eigenvalue weighted by Gasteiger charge is -2.26. The smallest absolute Gasteiger partial charge is 0.0991 e. The Morgan fingerprint density at radius 3 is 2.87 bits per heavy atom. The maximum atomic E-state index is 8.79. The molecule has 0 aliphatic carbocycles. The van der Waals surface area contributed by atoms with Crippen molar-refractivity contribution in [2.24, 2.45) is 0 Å². The second-order valence-electron chi connectivity index (χ2n) is 3.76. The van der Waals surface area contributed by atoms with Gasteiger partial charge in [-0.05, 0) is 17.7 Å². The van der Waals surface area contributed by atoms with Crippen LogP contribution < -0.4 is 5.32 Å². The predicted molar refractivity (Wildman–Crippen MR) is 58.3 cm³/mol. The highest BCUT2D eigenvalue weighted by molar-refractivity contribution is 5.32. The topological polar surface area (TPSA) is 41.1 Å². The van der Waals surface area contributed by atoms with Crippen LogP contribution in [0.25, 0.3) is 0 Å². The van der Waals surface area contributed by atoms with Crippen molar-refractivity contribution in [3.8, 4) is 6.07 Å². The summed E-state index contributed by atoms with van der Waals surface area (Å²) in [7, 11) is 0. The summed E-state index contributed by atoms with van der Waals surface area (Å²) in [6.07, 6.45) is 0. The van der Waals surface area contributed by atoms with Gasteiger partial charge in [-0.2, -0.15) is 5.26 Å². The van der Waals surface area contributed by atoms with Gasteiger partial charge >= 0.3 is 0 Å². The third kappa shape index (κ3) is 2.79. The van der Waals surface area contributed by atoms with Crippen LogP contribution in [-0.4, -0.2) is 31.1 Å². The van der Waals surface area contributed by atoms with Gasteiger partial charge in [0.2, 0.25) is 0 Å². The number of hydrogen-bond donors (Lipinski definition) is 0. The van der Waals surface area contributed by atoms with E-state index < -0.39 is 0 Å². The summed E-state index contributed by atoms with van der Waals surface area (Å²) in [6, 6.07) is 10.00. The van der Waals surface area contributed by atoms with Gasteiger partial charge in [0.15, 0.2) is 0 Å². The molecule has 1 saturated heterocycles. The van der Waals surface area contributed by atoms with E-state index >= 15 is 0 Å². The summed E-state index contributed by atoms with van der Waals surface area (Å²) in [5, 5.41) is 13.1. The van der Waals surface area contributed by atoms with Crippen molar-refractivity contribution >= 4 is 0 Å². The lowest BCUT2D eigenvalue weighted by molar-refractivity contribution is 0.231. The standard InChI is InChI=1S/C12H14N3/c13-9-11-2-1-3-12(8-11)10-15-6-4-14-5-7-15/h1-3,8H,4-7,10H2. The minimum absolute atomic E-state index is 0.745. The lowest BCUT2D eigenvalue weighted by Crippen LogP contribution is -2.39. The van der Waals surface area contributed by atoms with Crippen LogP contribution in [0.2, 0.25) is 0 Å². The average Bonchev–Trinajstić information content (AvgIpc) is 2.31. The van der Waals surface area contributed by atoms with E-state index in [-0.39, 0.29) is 0 Å². The van der Waals surface area contributed by atoms with Crippen molar-refractivity contribution in [1.29, 1.82) is 5.26 Å². The van der Waals surface area contributed by atoms with Crippen LogP contribution in [0.5, 0.6) is 0 Å². The molecule has 2 rings (SSSR count). The van der Waals surface area contributed by atoms with E-state index in [1.54, 1.807) is 0 Å². The van der Waals surface area contributed by atoms with E-state index in [0.717, 1.165) is 38.3 Å². The van der Waals surface area contributed by atoms with Crippen LogP contribution in [0.3, 0.4) is 0 Å². The highest BCUT2D eigenvalue weighted by atomic mass is 15.2. The largest absolute Gasteiger partial charge is 0.296 e. The molecule has 1 heterocycles. The van der Waals surface area contributed by atoms with Gasteiger partial charge in [-0.3, -0.25) is 4.90 Å². The molecule has 0 aromatic heterocycles. The molecule has 0 amide bonds. The van der Waals surface area contributed by atoms with Crippen molar-refractivity contribution in [1.82, 2.24) is 10.2 Å². The summed E-state index contributed by atoms with van der Waals surface area (Å²) in [5.41, 5.74) is 1.96. The first-order valence-electron chi connectivity index (χ1n) is 5.23. The van der Waals surface area contributed by atoms with E-state index in [0.29, 0.717) is 0 Å². The highest BCUT2D eigenvalue weighted by Crippen LogP contribution is 2.08. The van der Waals surface area contributed by atoms with Crippen molar-refractivity contribution in [2.45, 2.75) is 6.54 Å². The van der Waals surface area contributed by atoms with Crippen LogP contribution in [0.4, 0.5) is 0 Å². The quantitative estimate of drug-likeness (QED) is 0.714. The number of nitriles is 1. The van der Waals surface area contributed by atoms with E-state index in [1.807, 2.05) is 18.2 Å². The molecule has 0 unspecified atom stereocenters. The van der Waals surface area contributed by atoms with Crippen LogP contribution >= 0.6 is 0 Å². The van der Waals surface area contributed by atoms with Crippen LogP contribution in [0.1, 0.15) is 11.1 Å². The molecule has 0 spiro atoms. The maximum Gasteiger partial charge on any atom is 0.0991 e. The second-order valence-corrected chi connectivity index (χ2v) is 3.76. The van der Waals surface area contributed by atoms with Gasteiger partial charge in [0.25, 0.3) is 0 Å². The molecule has 1 aromatic rings. The van der Waals surface area contributed by atoms with E-state index in [9.17, 15) is 0 Å². The number of benzene rings is 1. The molecule has 1 aliphatic heterocycles. The van der Waals surface area contributed by atoms with Crippen molar-refractivity contribution < 1.29 is 0 Å². The molecule has 15 heavy (non-hydrogen) atoms. The average molecular weight is 200 g/mol. The molecule has 1 radical (unpaired) electrons. The Morgan fingerprint density at radius 1 is 1.33 bits per heavy atom. The first kappa shape index (κ1) is 10.2. The molecular weight excluding hydrogens is 186 g/mol. The number of hydrogen-bond acceptors (Lipinski definition) is 2. The first-order valence-corrected chi connectivity index (χ1v) is 5.23. The predicted octanol–water partition coefficient (Wildman–Crippen LogP) is 0.978. The van der Waals surface area contributed by atoms with Gasteiger partial charge in [0.1, 0.15) is 0 Å². The van der Waals surface area contributed by atoms with Gasteiger partial charge in [0, 0.05) is 32.7 Å². The minimum atomic E-state index is 0.745. The zero-order valence-electron chi connectivity index (χ0n) is 8.69. The zero-order chi connectivity index (χ0) is 10.5. The fourth-order valence-electron chi connectivity index (χ4n) is 1.80. The van der Waals surface area contributed by atoms with E-state index in [1.165, 1.54) is 5.56 Å². The van der Waals surface area contributed by atoms with Gasteiger partial charge in [-0.1, -0.05) is 12.1 Å². The summed E-state index contributed by atoms with van der Waals surface area (Å²) >= 11 is 0. The van der Waals surface area contributed by atoms with Gasteiger partial charge in [-0.25, -0.2) is 5.32 Å². The van der Waals surface area contributed by atoms with Crippen LogP contribution in [-0.2, 0) is 6.54 Å². The van der Waals surface area contributed by atoms with E-state index in [4.69, 9.17) is 5.26 Å². The number of rotatable bonds is 2. The Kier molecular flexibility index (Phi) is 3.33. The van der Waals surface area contributed by atoms with Gasteiger partial charge in [0.05, 0.1) is 11.6 Å². The van der Waals surface area contributed by atoms with Crippen LogP contribution in [0, 0.1) is 11.3 Å². The molecule has 0 N–H and O–H groups in total. The third-order valence-corrected chi connectivity index (χ3v) is 2.61. The molecule has 0 bridgehead atoms. The van der Waals surface area contributed by atoms with Crippen molar-refractivity contribution in [3.05, 3.63) is 35.4 Å². The highest BCUT2D eigenvalue weighted by Gasteiger charge is 2.10. The molecule has 3 nitrogen and oxygen atoms in total. The Hall–Kier alpha value is -1.37. The summed E-state index contributed by atoms with van der Waals surface area (Å²) in [4.78, 5) is 2.38. The fraction of sp³-hybridized carbons (Fsp3) is 0.417. The van der Waals surface area contributed by atoms with Gasteiger partial charge < -0.3 is 0 Å². The maximum absolute atomic E-state index is 8.79. The second kappa shape index (κ2) is 4.92. The summed E-state index contributed by atoms with van der Waals surface area (Å²) in [6.45, 7) is 4.90. The molecule has 77 valence electrons. The van der Waals surface area contributed by atoms with E-state index in [2.05, 4.69) is 22.4 Å². The molecule has 3 heteroatoms. The van der Waals surface area contributed by atoms with Crippen molar-refractivity contribution in [2.75, 3.05) is 26.2 Å². The normalized spacial score (nSPS) is 17.3. The molecule has 1 fully saturated rings. The number of piperazine rings is 1. The Balaban J connectivity index is 2.00. The third-order valence-electron chi connectivity index (χ3n) is 2.61. The first-order chi connectivity index (χ1) is 7.38. The lowest BCUT2D eigenvalue weighted by atomic mass is 10.1. The Labute approximate surface area is 90.3 Å². The molecular formula is C12H14N3. The monoisotopic (exact) mass is 200 g/mol. The molecule has 0 atom stereocenters. The molecule has 1 aliphatic rings. The molecule has 1 aromatic carbocycles. The SMILES string of the molecule is N#Cc1cccc(CN2CC[N]CC2)c1.